The SMILES string of the molecule is CC=C(C)C(=O)OCOCC=Cc1ccc(OC(C)=O)c(OC)c1. The van der Waals surface area contributed by atoms with Gasteiger partial charge in [-0.2, -0.15) is 0 Å². The highest BCUT2D eigenvalue weighted by atomic mass is 16.7. The fraction of sp³-hybridized carbons (Fsp3) is 0.333. The number of esters is 2. The van der Waals surface area contributed by atoms with Crippen molar-refractivity contribution in [2.75, 3.05) is 20.5 Å². The molecule has 130 valence electrons. The molecular formula is C18H22O6. The van der Waals surface area contributed by atoms with Gasteiger partial charge in [-0.1, -0.05) is 24.3 Å². The Bertz CT molecular complexity index is 630. The van der Waals surface area contributed by atoms with E-state index in [-0.39, 0.29) is 13.4 Å². The van der Waals surface area contributed by atoms with Crippen LogP contribution in [0.5, 0.6) is 11.5 Å². The first-order chi connectivity index (χ1) is 11.5. The predicted molar refractivity (Wildman–Crippen MR) is 89.7 cm³/mol. The number of methoxy groups -OCH3 is 1. The van der Waals surface area contributed by atoms with Gasteiger partial charge in [-0.3, -0.25) is 4.79 Å². The lowest BCUT2D eigenvalue weighted by atomic mass is 10.2. The van der Waals surface area contributed by atoms with Crippen LogP contribution in [0.1, 0.15) is 26.3 Å². The van der Waals surface area contributed by atoms with Crippen LogP contribution in [0.4, 0.5) is 0 Å². The van der Waals surface area contributed by atoms with Gasteiger partial charge in [0.05, 0.1) is 13.7 Å². The maximum absolute atomic E-state index is 11.4. The van der Waals surface area contributed by atoms with Crippen molar-refractivity contribution in [1.82, 2.24) is 0 Å². The zero-order valence-corrected chi connectivity index (χ0v) is 14.3. The van der Waals surface area contributed by atoms with E-state index in [1.165, 1.54) is 14.0 Å². The summed E-state index contributed by atoms with van der Waals surface area (Å²) in [7, 11) is 1.50. The molecule has 24 heavy (non-hydrogen) atoms. The fourth-order valence-electron chi connectivity index (χ4n) is 1.65. The van der Waals surface area contributed by atoms with Gasteiger partial charge >= 0.3 is 11.9 Å². The lowest BCUT2D eigenvalue weighted by Gasteiger charge is -2.08. The summed E-state index contributed by atoms with van der Waals surface area (Å²) in [4.78, 5) is 22.4. The van der Waals surface area contributed by atoms with E-state index >= 15 is 0 Å². The van der Waals surface area contributed by atoms with E-state index in [2.05, 4.69) is 0 Å². The van der Waals surface area contributed by atoms with Crippen LogP contribution in [0.25, 0.3) is 6.08 Å². The maximum atomic E-state index is 11.4. The van der Waals surface area contributed by atoms with E-state index in [9.17, 15) is 9.59 Å². The molecule has 0 spiro atoms. The summed E-state index contributed by atoms with van der Waals surface area (Å²) in [5, 5.41) is 0. The van der Waals surface area contributed by atoms with Crippen LogP contribution in [-0.4, -0.2) is 32.4 Å². The molecule has 0 fully saturated rings. The second-order valence-electron chi connectivity index (χ2n) is 4.80. The van der Waals surface area contributed by atoms with E-state index in [0.717, 1.165) is 5.56 Å². The summed E-state index contributed by atoms with van der Waals surface area (Å²) in [6, 6.07) is 5.18. The van der Waals surface area contributed by atoms with Crippen molar-refractivity contribution >= 4 is 18.0 Å². The van der Waals surface area contributed by atoms with Crippen LogP contribution in [0, 0.1) is 0 Å². The van der Waals surface area contributed by atoms with Crippen LogP contribution in [0.2, 0.25) is 0 Å². The number of hydrogen-bond donors (Lipinski definition) is 0. The van der Waals surface area contributed by atoms with Crippen molar-refractivity contribution in [3.05, 3.63) is 41.5 Å². The molecule has 0 atom stereocenters. The molecular weight excluding hydrogens is 312 g/mol. The number of rotatable bonds is 8. The molecule has 0 aliphatic carbocycles. The van der Waals surface area contributed by atoms with Gasteiger partial charge in [0.2, 0.25) is 0 Å². The van der Waals surface area contributed by atoms with Crippen LogP contribution < -0.4 is 9.47 Å². The third kappa shape index (κ3) is 6.66. The average molecular weight is 334 g/mol. The second-order valence-corrected chi connectivity index (χ2v) is 4.80. The molecule has 0 saturated carbocycles. The van der Waals surface area contributed by atoms with E-state index in [4.69, 9.17) is 18.9 Å². The minimum atomic E-state index is -0.410. The molecule has 0 N–H and O–H groups in total. The van der Waals surface area contributed by atoms with Gasteiger partial charge in [0.15, 0.2) is 18.3 Å². The summed E-state index contributed by atoms with van der Waals surface area (Å²) in [5.41, 5.74) is 1.39. The molecule has 6 heteroatoms. The Balaban J connectivity index is 2.47. The molecule has 0 aliphatic rings. The zero-order valence-electron chi connectivity index (χ0n) is 14.3. The minimum Gasteiger partial charge on any atom is -0.493 e. The van der Waals surface area contributed by atoms with Gasteiger partial charge in [-0.15, -0.1) is 0 Å². The van der Waals surface area contributed by atoms with Gasteiger partial charge < -0.3 is 18.9 Å². The molecule has 1 aromatic carbocycles. The highest BCUT2D eigenvalue weighted by molar-refractivity contribution is 5.87. The van der Waals surface area contributed by atoms with Crippen LogP contribution in [0.15, 0.2) is 35.9 Å². The molecule has 0 unspecified atom stereocenters. The Kier molecular flexibility index (Phi) is 8.29. The van der Waals surface area contributed by atoms with E-state index in [1.807, 2.05) is 6.08 Å². The Labute approximate surface area is 141 Å². The molecule has 0 heterocycles. The van der Waals surface area contributed by atoms with E-state index < -0.39 is 11.9 Å². The molecule has 1 rings (SSSR count). The normalized spacial score (nSPS) is 11.4. The van der Waals surface area contributed by atoms with Gasteiger partial charge in [-0.05, 0) is 31.5 Å². The molecule has 6 nitrogen and oxygen atoms in total. The zero-order chi connectivity index (χ0) is 17.9. The van der Waals surface area contributed by atoms with Gasteiger partial charge in [0.1, 0.15) is 0 Å². The average Bonchev–Trinajstić information content (AvgIpc) is 2.57. The molecule has 0 bridgehead atoms. The first kappa shape index (κ1) is 19.4. The number of benzene rings is 1. The highest BCUT2D eigenvalue weighted by Crippen LogP contribution is 2.28. The van der Waals surface area contributed by atoms with Crippen molar-refractivity contribution in [1.29, 1.82) is 0 Å². The molecule has 1 aromatic rings. The van der Waals surface area contributed by atoms with Crippen LogP contribution in [0.3, 0.4) is 0 Å². The Hall–Kier alpha value is -2.60. The molecule has 0 amide bonds. The standard InChI is InChI=1S/C18H22O6/c1-5-13(2)18(20)23-12-22-10-6-7-15-8-9-16(24-14(3)19)17(11-15)21-4/h5-9,11H,10,12H2,1-4H3. The third-order valence-electron chi connectivity index (χ3n) is 2.99. The lowest BCUT2D eigenvalue weighted by molar-refractivity contribution is -0.150. The molecule has 0 saturated heterocycles. The van der Waals surface area contributed by atoms with Crippen molar-refractivity contribution in [3.8, 4) is 11.5 Å². The first-order valence-electron chi connectivity index (χ1n) is 7.38. The lowest BCUT2D eigenvalue weighted by Crippen LogP contribution is -2.09. The molecule has 0 aromatic heterocycles. The Morgan fingerprint density at radius 2 is 1.92 bits per heavy atom. The van der Waals surface area contributed by atoms with Crippen LogP contribution in [-0.2, 0) is 19.1 Å². The minimum absolute atomic E-state index is 0.108. The first-order valence-corrected chi connectivity index (χ1v) is 7.38. The summed E-state index contributed by atoms with van der Waals surface area (Å²) in [6.45, 7) is 4.95. The molecule has 0 radical (unpaired) electrons. The summed E-state index contributed by atoms with van der Waals surface area (Å²) in [5.74, 6) is 0.0219. The van der Waals surface area contributed by atoms with Crippen molar-refractivity contribution in [2.45, 2.75) is 20.8 Å². The van der Waals surface area contributed by atoms with E-state index in [1.54, 1.807) is 44.2 Å². The maximum Gasteiger partial charge on any atom is 0.335 e. The van der Waals surface area contributed by atoms with Crippen molar-refractivity contribution in [2.24, 2.45) is 0 Å². The fourth-order valence-corrected chi connectivity index (χ4v) is 1.65. The number of hydrogen-bond acceptors (Lipinski definition) is 6. The quantitative estimate of drug-likeness (QED) is 0.239. The smallest absolute Gasteiger partial charge is 0.335 e. The second kappa shape index (κ2) is 10.2. The summed E-state index contributed by atoms with van der Waals surface area (Å²) < 4.78 is 20.3. The van der Waals surface area contributed by atoms with Crippen molar-refractivity contribution in [3.63, 3.8) is 0 Å². The van der Waals surface area contributed by atoms with E-state index in [0.29, 0.717) is 17.1 Å². The monoisotopic (exact) mass is 334 g/mol. The number of carbonyl (C=O) groups is 2. The van der Waals surface area contributed by atoms with Crippen LogP contribution >= 0.6 is 0 Å². The number of ether oxygens (including phenoxy) is 4. The van der Waals surface area contributed by atoms with Gasteiger partial charge in [0.25, 0.3) is 0 Å². The Morgan fingerprint density at radius 3 is 2.54 bits per heavy atom. The van der Waals surface area contributed by atoms with Gasteiger partial charge in [-0.25, -0.2) is 4.79 Å². The predicted octanol–water partition coefficient (Wildman–Crippen LogP) is 3.12. The Morgan fingerprint density at radius 1 is 1.17 bits per heavy atom. The van der Waals surface area contributed by atoms with Crippen molar-refractivity contribution < 1.29 is 28.5 Å². The third-order valence-corrected chi connectivity index (χ3v) is 2.99. The molecule has 0 aliphatic heterocycles. The summed E-state index contributed by atoms with van der Waals surface area (Å²) >= 11 is 0. The number of carbonyl (C=O) groups excluding carboxylic acids is 2. The summed E-state index contributed by atoms with van der Waals surface area (Å²) in [6.07, 6.45) is 5.27. The van der Waals surface area contributed by atoms with Gasteiger partial charge in [0, 0.05) is 12.5 Å². The largest absolute Gasteiger partial charge is 0.493 e. The number of allylic oxidation sites excluding steroid dienone is 1. The highest BCUT2D eigenvalue weighted by Gasteiger charge is 2.07. The topological polar surface area (TPSA) is 71.1 Å².